The van der Waals surface area contributed by atoms with Crippen LogP contribution < -0.4 is 25.0 Å². The van der Waals surface area contributed by atoms with E-state index >= 15 is 0 Å². The number of nitrogens with one attached hydrogen (secondary N) is 2. The van der Waals surface area contributed by atoms with Crippen LogP contribution in [0.15, 0.2) is 53.9 Å². The maximum atomic E-state index is 12.5. The molecule has 2 aromatic heterocycles. The van der Waals surface area contributed by atoms with E-state index in [0.29, 0.717) is 44.8 Å². The van der Waals surface area contributed by atoms with Gasteiger partial charge >= 0.3 is 5.97 Å². The van der Waals surface area contributed by atoms with Crippen LogP contribution in [0.5, 0.6) is 11.8 Å². The smallest absolute Gasteiger partial charge is 0.345 e. The Kier molecular flexibility index (Phi) is 15.9. The molecule has 2 spiro atoms. The molecular weight excluding hydrogens is 845 g/mol. The maximum Gasteiger partial charge on any atom is 0.345 e. The first kappa shape index (κ1) is 46.1. The summed E-state index contributed by atoms with van der Waals surface area (Å²) in [5.41, 5.74) is 4.07. The van der Waals surface area contributed by atoms with Crippen molar-refractivity contribution in [3.8, 4) is 11.8 Å². The number of benzene rings is 2. The number of ether oxygens (including phenoxy) is 3. The van der Waals surface area contributed by atoms with E-state index in [1.165, 1.54) is 63.9 Å². The van der Waals surface area contributed by atoms with Crippen molar-refractivity contribution in [1.29, 1.82) is 0 Å². The summed E-state index contributed by atoms with van der Waals surface area (Å²) in [6, 6.07) is 10.4. The van der Waals surface area contributed by atoms with Gasteiger partial charge in [0.25, 0.3) is 5.91 Å². The fraction of sp³-hybridized carbons (Fsp3) is 0.488. The van der Waals surface area contributed by atoms with Gasteiger partial charge in [0.1, 0.15) is 24.3 Å². The molecule has 4 aliphatic rings. The van der Waals surface area contributed by atoms with Crippen molar-refractivity contribution in [2.75, 3.05) is 37.4 Å². The van der Waals surface area contributed by atoms with Gasteiger partial charge in [-0.2, -0.15) is 9.97 Å². The van der Waals surface area contributed by atoms with E-state index in [4.69, 9.17) is 42.5 Å². The summed E-state index contributed by atoms with van der Waals surface area (Å²) >= 11 is 12.2. The highest BCUT2D eigenvalue weighted by Gasteiger charge is 2.52. The van der Waals surface area contributed by atoms with Gasteiger partial charge in [0.15, 0.2) is 0 Å². The van der Waals surface area contributed by atoms with Crippen molar-refractivity contribution in [3.05, 3.63) is 92.2 Å². The molecule has 4 N–H and O–H groups in total. The first-order valence-corrected chi connectivity index (χ1v) is 22.8. The summed E-state index contributed by atoms with van der Waals surface area (Å²) in [4.78, 5) is 43.7. The monoisotopic (exact) mass is 897 g/mol. The predicted octanol–water partition coefficient (Wildman–Crippen LogP) is 6.10. The minimum atomic E-state index is -1.42. The van der Waals surface area contributed by atoms with Crippen LogP contribution in [-0.4, -0.2) is 89.8 Å². The number of halogens is 2. The van der Waals surface area contributed by atoms with E-state index in [9.17, 15) is 18.9 Å². The van der Waals surface area contributed by atoms with Gasteiger partial charge in [-0.15, -0.1) is 0 Å². The molecular formula is C43H53Cl2N7O8S. The SMILES string of the molecule is C1CNC2(C1)CC2.CCNC(=O)c1cnc(N2CCCC23CC3)nc1OCc1ccc(CO)c(Cl)c1.CCOC(=O)c1cnc(S(C)=O)nc1OCc1ccc(CO)c(Cl)c1. The minimum absolute atomic E-state index is 0.0130. The second kappa shape index (κ2) is 21.1. The Morgan fingerprint density at radius 3 is 1.97 bits per heavy atom. The standard InChI is InChI=1S/C21H25ClN4O3.C16H17ClN2O5S.C6H11N/c1-2-23-18(28)16-11-24-20(26-9-3-6-21(26)7-8-21)25-19(16)29-13-14-4-5-15(12-27)17(22)10-14;1-3-23-15(21)12-7-18-16(25(2)22)19-14(12)24-9-10-4-5-11(8-20)13(17)6-10;1-2-6(3-4-6)7-5-1/h4-5,10-11,27H,2-3,6-9,12-13H2,1H3,(H,23,28);4-7,20H,3,8-9H2,1-2H3;7H,1-5H2. The summed E-state index contributed by atoms with van der Waals surface area (Å²) in [7, 11) is -1.42. The molecule has 1 atom stereocenters. The number of nitrogens with zero attached hydrogens (tertiary/aromatic N) is 5. The van der Waals surface area contributed by atoms with Crippen LogP contribution in [0, 0.1) is 0 Å². The third-order valence-corrected chi connectivity index (χ3v) is 12.4. The van der Waals surface area contributed by atoms with E-state index in [1.807, 2.05) is 13.0 Å². The minimum Gasteiger partial charge on any atom is -0.472 e. The van der Waals surface area contributed by atoms with Crippen LogP contribution in [0.2, 0.25) is 10.0 Å². The van der Waals surface area contributed by atoms with E-state index in [-0.39, 0.29) is 67.0 Å². The Bertz CT molecular complexity index is 2200. The largest absolute Gasteiger partial charge is 0.472 e. The van der Waals surface area contributed by atoms with Crippen LogP contribution in [0.1, 0.15) is 108 Å². The second-order valence-electron chi connectivity index (χ2n) is 15.3. The van der Waals surface area contributed by atoms with Crippen molar-refractivity contribution in [2.24, 2.45) is 0 Å². The van der Waals surface area contributed by atoms with Crippen molar-refractivity contribution < 1.29 is 38.2 Å². The summed E-state index contributed by atoms with van der Waals surface area (Å²) in [6.45, 7) is 6.45. The Morgan fingerprint density at radius 1 is 0.852 bits per heavy atom. The average molecular weight is 899 g/mol. The Morgan fingerprint density at radius 2 is 1.48 bits per heavy atom. The number of hydrogen-bond donors (Lipinski definition) is 4. The number of carbonyl (C=O) groups is 2. The topological polar surface area (TPSA) is 198 Å². The van der Waals surface area contributed by atoms with Crippen LogP contribution >= 0.6 is 23.2 Å². The van der Waals surface area contributed by atoms with Gasteiger partial charge < -0.3 is 40.0 Å². The second-order valence-corrected chi connectivity index (χ2v) is 17.4. The van der Waals surface area contributed by atoms with Gasteiger partial charge in [-0.1, -0.05) is 47.5 Å². The Balaban J connectivity index is 0.000000176. The van der Waals surface area contributed by atoms with E-state index in [0.717, 1.165) is 24.1 Å². The normalized spacial score (nSPS) is 16.8. The van der Waals surface area contributed by atoms with Crippen molar-refractivity contribution in [2.45, 2.75) is 108 Å². The van der Waals surface area contributed by atoms with Crippen LogP contribution in [0.25, 0.3) is 0 Å². The number of anilines is 1. The van der Waals surface area contributed by atoms with Crippen molar-refractivity contribution in [3.63, 3.8) is 0 Å². The first-order chi connectivity index (χ1) is 29.4. The number of hydrogen-bond acceptors (Lipinski definition) is 14. The number of aliphatic hydroxyl groups excluding tert-OH is 2. The van der Waals surface area contributed by atoms with E-state index < -0.39 is 16.8 Å². The molecule has 4 aromatic rings. The van der Waals surface area contributed by atoms with Crippen LogP contribution in [0.4, 0.5) is 5.95 Å². The number of rotatable bonds is 14. The van der Waals surface area contributed by atoms with E-state index in [2.05, 4.69) is 35.5 Å². The number of amides is 1. The molecule has 1 amide bonds. The first-order valence-electron chi connectivity index (χ1n) is 20.5. The summed E-state index contributed by atoms with van der Waals surface area (Å²) < 4.78 is 28.1. The maximum absolute atomic E-state index is 12.5. The lowest BCUT2D eigenvalue weighted by atomic mass is 10.1. The van der Waals surface area contributed by atoms with Gasteiger partial charge in [0, 0.05) is 46.7 Å². The third kappa shape index (κ3) is 11.9. The predicted molar refractivity (Wildman–Crippen MR) is 232 cm³/mol. The van der Waals surface area contributed by atoms with Gasteiger partial charge in [0.05, 0.1) is 36.8 Å². The molecule has 2 aliphatic heterocycles. The molecule has 4 heterocycles. The molecule has 2 saturated heterocycles. The van der Waals surface area contributed by atoms with E-state index in [1.54, 1.807) is 43.5 Å². The zero-order valence-corrected chi connectivity index (χ0v) is 37.0. The number of aliphatic hydroxyl groups is 2. The Hall–Kier alpha value is -4.45. The molecule has 8 rings (SSSR count). The van der Waals surface area contributed by atoms with Crippen molar-refractivity contribution >= 4 is 51.8 Å². The lowest BCUT2D eigenvalue weighted by molar-refractivity contribution is 0.0518. The fourth-order valence-corrected chi connectivity index (χ4v) is 8.18. The molecule has 61 heavy (non-hydrogen) atoms. The van der Waals surface area contributed by atoms with Gasteiger partial charge in [-0.3, -0.25) is 9.00 Å². The molecule has 328 valence electrons. The molecule has 2 aliphatic carbocycles. The molecule has 0 bridgehead atoms. The highest BCUT2D eigenvalue weighted by molar-refractivity contribution is 7.84. The van der Waals surface area contributed by atoms with Gasteiger partial charge in [-0.05, 0) is 106 Å². The fourth-order valence-electron chi connectivity index (χ4n) is 7.24. The molecule has 2 aromatic carbocycles. The third-order valence-electron chi connectivity index (χ3n) is 11.0. The van der Waals surface area contributed by atoms with Crippen LogP contribution in [-0.2, 0) is 42.0 Å². The number of carbonyl (C=O) groups excluding carboxylic acids is 2. The summed E-state index contributed by atoms with van der Waals surface area (Å²) in [6.07, 6.45) is 14.6. The lowest BCUT2D eigenvalue weighted by Gasteiger charge is -2.24. The lowest BCUT2D eigenvalue weighted by Crippen LogP contribution is -2.33. The Labute approximate surface area is 368 Å². The highest BCUT2D eigenvalue weighted by atomic mass is 35.5. The molecule has 18 heteroatoms. The zero-order valence-electron chi connectivity index (χ0n) is 34.7. The number of aromatic nitrogens is 4. The molecule has 1 unspecified atom stereocenters. The average Bonchev–Trinajstić information content (AvgIpc) is 4.11. The zero-order chi connectivity index (χ0) is 43.6. The number of esters is 1. The van der Waals surface area contributed by atoms with Gasteiger partial charge in [-0.25, -0.2) is 14.8 Å². The molecule has 0 radical (unpaired) electrons. The summed E-state index contributed by atoms with van der Waals surface area (Å²) in [5, 5.41) is 25.6. The van der Waals surface area contributed by atoms with Gasteiger partial charge in [0.2, 0.25) is 22.9 Å². The molecule has 4 fully saturated rings. The van der Waals surface area contributed by atoms with Crippen molar-refractivity contribution in [1.82, 2.24) is 30.6 Å². The summed E-state index contributed by atoms with van der Waals surface area (Å²) in [5.74, 6) is -0.00594. The molecule has 2 saturated carbocycles. The molecule has 15 nitrogen and oxygen atoms in total. The quantitative estimate of drug-likeness (QED) is 0.0837. The van der Waals surface area contributed by atoms with Crippen LogP contribution in [0.3, 0.4) is 0 Å². The highest BCUT2D eigenvalue weighted by Crippen LogP contribution is 2.50.